The number of halogens is 1. The number of rotatable bonds is 7. The Labute approximate surface area is 135 Å². The summed E-state index contributed by atoms with van der Waals surface area (Å²) < 4.78 is 6.67. The highest BCUT2D eigenvalue weighted by Gasteiger charge is 2.49. The van der Waals surface area contributed by atoms with Gasteiger partial charge in [0.15, 0.2) is 0 Å². The summed E-state index contributed by atoms with van der Waals surface area (Å²) in [6.07, 6.45) is 3.98. The molecular weight excluding hydrogens is 332 g/mol. The largest absolute Gasteiger partial charge is 0.378 e. The van der Waals surface area contributed by atoms with Crippen LogP contribution in [0.25, 0.3) is 0 Å². The first kappa shape index (κ1) is 16.5. The number of hydrogen-bond donors (Lipinski definition) is 2. The highest BCUT2D eigenvalue weighted by molar-refractivity contribution is 9.10. The normalized spacial score (nSPS) is 23.5. The minimum absolute atomic E-state index is 0.109. The molecule has 2 unspecified atom stereocenters. The lowest BCUT2D eigenvalue weighted by Crippen LogP contribution is -2.58. The van der Waals surface area contributed by atoms with Crippen LogP contribution in [0.4, 0.5) is 11.6 Å². The molecule has 0 spiro atoms. The van der Waals surface area contributed by atoms with E-state index in [2.05, 4.69) is 57.3 Å². The number of anilines is 2. The molecule has 118 valence electrons. The van der Waals surface area contributed by atoms with E-state index < -0.39 is 0 Å². The molecule has 0 aliphatic heterocycles. The van der Waals surface area contributed by atoms with Crippen LogP contribution >= 0.6 is 15.9 Å². The van der Waals surface area contributed by atoms with Crippen molar-refractivity contribution in [2.24, 2.45) is 5.41 Å². The highest BCUT2D eigenvalue weighted by atomic mass is 79.9. The Morgan fingerprint density at radius 1 is 1.33 bits per heavy atom. The molecule has 1 fully saturated rings. The van der Waals surface area contributed by atoms with Gasteiger partial charge in [-0.15, -0.1) is 0 Å². The van der Waals surface area contributed by atoms with E-state index in [4.69, 9.17) is 4.74 Å². The van der Waals surface area contributed by atoms with Crippen molar-refractivity contribution in [3.8, 4) is 0 Å². The lowest BCUT2D eigenvalue weighted by Gasteiger charge is -2.51. The average molecular weight is 357 g/mol. The third-order valence-electron chi connectivity index (χ3n) is 4.19. The number of hydrogen-bond acceptors (Lipinski definition) is 5. The smallest absolute Gasteiger partial charge is 0.146 e. The van der Waals surface area contributed by atoms with Crippen LogP contribution in [0.2, 0.25) is 0 Å². The lowest BCUT2D eigenvalue weighted by atomic mass is 9.64. The third-order valence-corrected chi connectivity index (χ3v) is 4.94. The molecule has 0 bridgehead atoms. The van der Waals surface area contributed by atoms with Crippen molar-refractivity contribution < 1.29 is 4.74 Å². The average Bonchev–Trinajstić information content (AvgIpc) is 2.46. The molecule has 1 aliphatic carbocycles. The van der Waals surface area contributed by atoms with Gasteiger partial charge in [0.2, 0.25) is 0 Å². The molecule has 1 heterocycles. The van der Waals surface area contributed by atoms with Gasteiger partial charge in [-0.2, -0.15) is 0 Å². The van der Waals surface area contributed by atoms with Gasteiger partial charge < -0.3 is 15.4 Å². The van der Waals surface area contributed by atoms with Gasteiger partial charge in [0, 0.05) is 24.6 Å². The molecule has 0 amide bonds. The Morgan fingerprint density at radius 2 is 2.05 bits per heavy atom. The quantitative estimate of drug-likeness (QED) is 0.780. The van der Waals surface area contributed by atoms with Gasteiger partial charge in [-0.25, -0.2) is 9.97 Å². The lowest BCUT2D eigenvalue weighted by molar-refractivity contribution is -0.0976. The van der Waals surface area contributed by atoms with Crippen LogP contribution in [-0.2, 0) is 4.74 Å². The Balaban J connectivity index is 2.04. The van der Waals surface area contributed by atoms with Crippen molar-refractivity contribution in [1.29, 1.82) is 0 Å². The van der Waals surface area contributed by atoms with Gasteiger partial charge in [0.25, 0.3) is 0 Å². The summed E-state index contributed by atoms with van der Waals surface area (Å²) >= 11 is 3.60. The predicted molar refractivity (Wildman–Crippen MR) is 89.7 cm³/mol. The van der Waals surface area contributed by atoms with Crippen molar-refractivity contribution in [1.82, 2.24) is 9.97 Å². The maximum Gasteiger partial charge on any atom is 0.146 e. The predicted octanol–water partition coefficient (Wildman–Crippen LogP) is 3.68. The first-order chi connectivity index (χ1) is 10.0. The summed E-state index contributed by atoms with van der Waals surface area (Å²) in [6, 6.07) is 0.360. The van der Waals surface area contributed by atoms with E-state index in [1.54, 1.807) is 6.33 Å². The topological polar surface area (TPSA) is 59.1 Å². The van der Waals surface area contributed by atoms with Crippen LogP contribution in [-0.4, -0.2) is 35.3 Å². The molecule has 2 N–H and O–H groups in total. The van der Waals surface area contributed by atoms with Gasteiger partial charge >= 0.3 is 0 Å². The van der Waals surface area contributed by atoms with Crippen LogP contribution in [0.15, 0.2) is 10.8 Å². The molecule has 0 saturated heterocycles. The second-order valence-corrected chi connectivity index (χ2v) is 6.80. The Morgan fingerprint density at radius 3 is 2.67 bits per heavy atom. The number of nitrogens with one attached hydrogen (secondary N) is 2. The Kier molecular flexibility index (Phi) is 5.43. The van der Waals surface area contributed by atoms with E-state index in [1.807, 2.05) is 6.92 Å². The summed E-state index contributed by atoms with van der Waals surface area (Å²) in [7, 11) is 0. The molecule has 1 aliphatic rings. The van der Waals surface area contributed by atoms with Gasteiger partial charge in [-0.3, -0.25) is 0 Å². The minimum atomic E-state index is 0.109. The van der Waals surface area contributed by atoms with Crippen LogP contribution in [0.3, 0.4) is 0 Å². The van der Waals surface area contributed by atoms with Gasteiger partial charge in [0.05, 0.1) is 6.10 Å². The second kappa shape index (κ2) is 6.92. The van der Waals surface area contributed by atoms with E-state index in [0.717, 1.165) is 42.1 Å². The molecule has 0 radical (unpaired) electrons. The van der Waals surface area contributed by atoms with Crippen molar-refractivity contribution in [2.45, 2.75) is 52.7 Å². The summed E-state index contributed by atoms with van der Waals surface area (Å²) in [6.45, 7) is 10.3. The van der Waals surface area contributed by atoms with Crippen LogP contribution in [0, 0.1) is 5.41 Å². The van der Waals surface area contributed by atoms with E-state index in [1.165, 1.54) is 0 Å². The molecule has 2 rings (SSSR count). The monoisotopic (exact) mass is 356 g/mol. The fraction of sp³-hybridized carbons (Fsp3) is 0.733. The fourth-order valence-electron chi connectivity index (χ4n) is 2.62. The van der Waals surface area contributed by atoms with Crippen molar-refractivity contribution >= 4 is 27.6 Å². The van der Waals surface area contributed by atoms with Gasteiger partial charge in [0.1, 0.15) is 22.4 Å². The van der Waals surface area contributed by atoms with E-state index in [-0.39, 0.29) is 5.41 Å². The third kappa shape index (κ3) is 3.48. The molecule has 6 heteroatoms. The zero-order valence-electron chi connectivity index (χ0n) is 13.2. The highest BCUT2D eigenvalue weighted by Crippen LogP contribution is 2.45. The zero-order valence-corrected chi connectivity index (χ0v) is 14.8. The molecule has 2 atom stereocenters. The summed E-state index contributed by atoms with van der Waals surface area (Å²) in [5.41, 5.74) is 0.109. The Bertz CT molecular complexity index is 481. The standard InChI is InChI=1S/C15H25BrN4O/c1-5-7-17-13-12(16)14(19-9-18-13)20-10-8-11(21-6-2)15(10,3)4/h9-11H,5-8H2,1-4H3,(H2,17,18,19,20). The maximum absolute atomic E-state index is 5.77. The van der Waals surface area contributed by atoms with E-state index in [9.17, 15) is 0 Å². The van der Waals surface area contributed by atoms with Crippen LogP contribution in [0.5, 0.6) is 0 Å². The summed E-state index contributed by atoms with van der Waals surface area (Å²) in [5, 5.41) is 6.82. The molecule has 1 aromatic rings. The molecular formula is C15H25BrN4O. The maximum atomic E-state index is 5.77. The van der Waals surface area contributed by atoms with E-state index >= 15 is 0 Å². The molecule has 1 saturated carbocycles. The van der Waals surface area contributed by atoms with Crippen molar-refractivity contribution in [2.75, 3.05) is 23.8 Å². The summed E-state index contributed by atoms with van der Waals surface area (Å²) in [5.74, 6) is 1.68. The Hall–Kier alpha value is -0.880. The second-order valence-electron chi connectivity index (χ2n) is 6.01. The zero-order chi connectivity index (χ0) is 15.5. The number of ether oxygens (including phenoxy) is 1. The SMILES string of the molecule is CCCNc1ncnc(NC2CC(OCC)C2(C)C)c1Br. The van der Waals surface area contributed by atoms with Gasteiger partial charge in [-0.1, -0.05) is 20.8 Å². The van der Waals surface area contributed by atoms with Crippen LogP contribution in [0.1, 0.15) is 40.5 Å². The summed E-state index contributed by atoms with van der Waals surface area (Å²) in [4.78, 5) is 8.63. The molecule has 0 aromatic carbocycles. The number of nitrogens with zero attached hydrogens (tertiary/aromatic N) is 2. The first-order valence-corrected chi connectivity index (χ1v) is 8.42. The fourth-order valence-corrected chi connectivity index (χ4v) is 3.08. The molecule has 21 heavy (non-hydrogen) atoms. The molecule has 1 aromatic heterocycles. The minimum Gasteiger partial charge on any atom is -0.378 e. The molecule has 5 nitrogen and oxygen atoms in total. The van der Waals surface area contributed by atoms with Crippen molar-refractivity contribution in [3.05, 3.63) is 10.8 Å². The van der Waals surface area contributed by atoms with E-state index in [0.29, 0.717) is 12.1 Å². The first-order valence-electron chi connectivity index (χ1n) is 7.63. The van der Waals surface area contributed by atoms with Crippen molar-refractivity contribution in [3.63, 3.8) is 0 Å². The van der Waals surface area contributed by atoms with Crippen LogP contribution < -0.4 is 10.6 Å². The number of aromatic nitrogens is 2. The van der Waals surface area contributed by atoms with Gasteiger partial charge in [-0.05, 0) is 35.7 Å².